The fourth-order valence-electron chi connectivity index (χ4n) is 3.17. The molecule has 3 N–H and O–H groups in total. The maximum Gasteiger partial charge on any atom is 0.231 e. The van der Waals surface area contributed by atoms with Crippen molar-refractivity contribution in [1.29, 1.82) is 0 Å². The third kappa shape index (κ3) is 4.04. The number of aliphatic hydroxyl groups is 2. The number of nitrogens with zero attached hydrogens (tertiary/aromatic N) is 2. The highest BCUT2D eigenvalue weighted by Gasteiger charge is 2.15. The predicted molar refractivity (Wildman–Crippen MR) is 104 cm³/mol. The summed E-state index contributed by atoms with van der Waals surface area (Å²) in [4.78, 5) is 4.53. The summed E-state index contributed by atoms with van der Waals surface area (Å²) < 4.78 is 18.2. The summed E-state index contributed by atoms with van der Waals surface area (Å²) in [5.74, 6) is 2.06. The maximum absolute atomic E-state index is 10.5. The number of fused-ring (bicyclic) bond motifs is 2. The average molecular weight is 385 g/mol. The van der Waals surface area contributed by atoms with Crippen LogP contribution < -0.4 is 14.8 Å². The first-order valence-electron chi connectivity index (χ1n) is 9.19. The largest absolute Gasteiger partial charge is 0.454 e. The van der Waals surface area contributed by atoms with Crippen molar-refractivity contribution in [3.63, 3.8) is 0 Å². The number of ether oxygens (including phenoxy) is 3. The molecule has 148 valence electrons. The lowest BCUT2D eigenvalue weighted by Crippen LogP contribution is -2.23. The van der Waals surface area contributed by atoms with Crippen molar-refractivity contribution < 1.29 is 24.4 Å². The molecule has 1 aliphatic heterocycles. The molecule has 3 aromatic rings. The first kappa shape index (κ1) is 18.5. The van der Waals surface area contributed by atoms with E-state index in [1.165, 1.54) is 0 Å². The summed E-state index contributed by atoms with van der Waals surface area (Å²) in [6.07, 6.45) is -0.707. The van der Waals surface area contributed by atoms with Gasteiger partial charge < -0.3 is 34.3 Å². The van der Waals surface area contributed by atoms with Crippen molar-refractivity contribution in [3.8, 4) is 11.5 Å². The average Bonchev–Trinajstić information content (AvgIpc) is 3.31. The zero-order chi connectivity index (χ0) is 19.3. The van der Waals surface area contributed by atoms with E-state index in [4.69, 9.17) is 19.3 Å². The van der Waals surface area contributed by atoms with Gasteiger partial charge in [-0.3, -0.25) is 0 Å². The normalized spacial score (nSPS) is 13.8. The van der Waals surface area contributed by atoms with E-state index in [-0.39, 0.29) is 20.0 Å². The lowest BCUT2D eigenvalue weighted by molar-refractivity contribution is 0.0211. The molecule has 0 fully saturated rings. The van der Waals surface area contributed by atoms with Gasteiger partial charge in [-0.1, -0.05) is 18.2 Å². The van der Waals surface area contributed by atoms with Crippen LogP contribution in [0.3, 0.4) is 0 Å². The summed E-state index contributed by atoms with van der Waals surface area (Å²) >= 11 is 0. The van der Waals surface area contributed by atoms with Crippen LogP contribution in [0.25, 0.3) is 11.0 Å². The lowest BCUT2D eigenvalue weighted by Gasteiger charge is -2.15. The standard InChI is InChI=1S/C20H23N3O5/c24-8-7-21-20-22-16-3-1-2-4-17(16)23(20)10-15(25)12-26-11-14-5-6-18-19(9-14)28-13-27-18/h1-6,9,15,24-25H,7-8,10-13H2,(H,21,22)/t15-/m1/s1. The third-order valence-corrected chi connectivity index (χ3v) is 4.46. The van der Waals surface area contributed by atoms with Gasteiger partial charge in [0.05, 0.1) is 43.5 Å². The minimum Gasteiger partial charge on any atom is -0.454 e. The van der Waals surface area contributed by atoms with E-state index >= 15 is 0 Å². The summed E-state index contributed by atoms with van der Waals surface area (Å²) in [6.45, 7) is 1.51. The second-order valence-electron chi connectivity index (χ2n) is 6.54. The molecule has 0 aliphatic carbocycles. The van der Waals surface area contributed by atoms with Crippen molar-refractivity contribution in [2.75, 3.05) is 31.9 Å². The molecule has 0 saturated carbocycles. The van der Waals surface area contributed by atoms with Crippen LogP contribution in [0.2, 0.25) is 0 Å². The van der Waals surface area contributed by atoms with Crippen LogP contribution in [-0.2, 0) is 17.9 Å². The molecular weight excluding hydrogens is 362 g/mol. The summed E-state index contributed by atoms with van der Waals surface area (Å²) in [6, 6.07) is 13.4. The Morgan fingerprint density at radius 3 is 2.93 bits per heavy atom. The van der Waals surface area contributed by atoms with Crippen LogP contribution >= 0.6 is 0 Å². The highest BCUT2D eigenvalue weighted by molar-refractivity contribution is 5.78. The fraction of sp³-hybridized carbons (Fsp3) is 0.350. The maximum atomic E-state index is 10.5. The molecule has 1 aliphatic rings. The molecule has 1 atom stereocenters. The van der Waals surface area contributed by atoms with Crippen molar-refractivity contribution in [2.45, 2.75) is 19.3 Å². The number of hydrogen-bond acceptors (Lipinski definition) is 7. The number of anilines is 1. The van der Waals surface area contributed by atoms with Crippen LogP contribution in [0.15, 0.2) is 42.5 Å². The molecule has 0 saturated heterocycles. The minimum absolute atomic E-state index is 0.00437. The molecular formula is C20H23N3O5. The molecule has 0 radical (unpaired) electrons. The second-order valence-corrected chi connectivity index (χ2v) is 6.54. The van der Waals surface area contributed by atoms with Crippen molar-refractivity contribution in [1.82, 2.24) is 9.55 Å². The van der Waals surface area contributed by atoms with E-state index in [1.807, 2.05) is 47.0 Å². The van der Waals surface area contributed by atoms with Gasteiger partial charge in [0, 0.05) is 6.54 Å². The van der Waals surface area contributed by atoms with Gasteiger partial charge in [-0.15, -0.1) is 0 Å². The zero-order valence-electron chi connectivity index (χ0n) is 15.4. The Kier molecular flexibility index (Phi) is 5.61. The van der Waals surface area contributed by atoms with E-state index in [0.717, 1.165) is 22.3 Å². The molecule has 4 rings (SSSR count). The highest BCUT2D eigenvalue weighted by Crippen LogP contribution is 2.32. The van der Waals surface area contributed by atoms with Gasteiger partial charge >= 0.3 is 0 Å². The number of imidazole rings is 1. The topological polar surface area (TPSA) is 98.0 Å². The van der Waals surface area contributed by atoms with Gasteiger partial charge in [-0.25, -0.2) is 4.98 Å². The van der Waals surface area contributed by atoms with Crippen LogP contribution in [-0.4, -0.2) is 52.4 Å². The smallest absolute Gasteiger partial charge is 0.231 e. The number of hydrogen-bond donors (Lipinski definition) is 3. The van der Waals surface area contributed by atoms with E-state index in [2.05, 4.69) is 10.3 Å². The van der Waals surface area contributed by atoms with Gasteiger partial charge in [0.1, 0.15) is 0 Å². The molecule has 8 heteroatoms. The Labute approximate surface area is 162 Å². The predicted octanol–water partition coefficient (Wildman–Crippen LogP) is 1.75. The van der Waals surface area contributed by atoms with Crippen LogP contribution in [0.4, 0.5) is 5.95 Å². The Hall–Kier alpha value is -2.81. The van der Waals surface area contributed by atoms with Crippen LogP contribution in [0.5, 0.6) is 11.5 Å². The number of nitrogens with one attached hydrogen (secondary N) is 1. The molecule has 0 spiro atoms. The number of benzene rings is 2. The molecule has 28 heavy (non-hydrogen) atoms. The fourth-order valence-corrected chi connectivity index (χ4v) is 3.17. The van der Waals surface area contributed by atoms with Gasteiger partial charge in [0.15, 0.2) is 11.5 Å². The zero-order valence-corrected chi connectivity index (χ0v) is 15.4. The number of aromatic nitrogens is 2. The third-order valence-electron chi connectivity index (χ3n) is 4.46. The van der Waals surface area contributed by atoms with E-state index in [0.29, 0.717) is 31.4 Å². The molecule has 2 aromatic carbocycles. The van der Waals surface area contributed by atoms with E-state index in [1.54, 1.807) is 0 Å². The van der Waals surface area contributed by atoms with Crippen LogP contribution in [0.1, 0.15) is 5.56 Å². The summed E-state index contributed by atoms with van der Waals surface area (Å²) in [5.41, 5.74) is 2.70. The minimum atomic E-state index is -0.707. The monoisotopic (exact) mass is 385 g/mol. The molecule has 0 unspecified atom stereocenters. The van der Waals surface area contributed by atoms with E-state index < -0.39 is 6.10 Å². The van der Waals surface area contributed by atoms with Gasteiger partial charge in [0.25, 0.3) is 0 Å². The van der Waals surface area contributed by atoms with Crippen molar-refractivity contribution >= 4 is 17.0 Å². The molecule has 2 heterocycles. The van der Waals surface area contributed by atoms with Gasteiger partial charge in [0.2, 0.25) is 12.7 Å². The van der Waals surface area contributed by atoms with Gasteiger partial charge in [-0.2, -0.15) is 0 Å². The van der Waals surface area contributed by atoms with Gasteiger partial charge in [-0.05, 0) is 29.8 Å². The summed E-state index contributed by atoms with van der Waals surface area (Å²) in [5, 5.41) is 22.6. The molecule has 0 amide bonds. The summed E-state index contributed by atoms with van der Waals surface area (Å²) in [7, 11) is 0. The first-order valence-corrected chi connectivity index (χ1v) is 9.19. The highest BCUT2D eigenvalue weighted by atomic mass is 16.7. The Balaban J connectivity index is 1.37. The number of rotatable bonds is 9. The molecule has 0 bridgehead atoms. The van der Waals surface area contributed by atoms with Crippen molar-refractivity contribution in [3.05, 3.63) is 48.0 Å². The van der Waals surface area contributed by atoms with E-state index in [9.17, 15) is 5.11 Å². The molecule has 8 nitrogen and oxygen atoms in total. The second kappa shape index (κ2) is 8.47. The number of aliphatic hydroxyl groups excluding tert-OH is 2. The first-order chi connectivity index (χ1) is 13.7. The Morgan fingerprint density at radius 1 is 1.18 bits per heavy atom. The lowest BCUT2D eigenvalue weighted by atomic mass is 10.2. The quantitative estimate of drug-likeness (QED) is 0.516. The Bertz CT molecular complexity index is 943. The SMILES string of the molecule is OCCNc1nc2ccccc2n1C[C@@H](O)COCc1ccc2c(c1)OCO2. The van der Waals surface area contributed by atoms with Crippen molar-refractivity contribution in [2.24, 2.45) is 0 Å². The Morgan fingerprint density at radius 2 is 2.04 bits per heavy atom. The van der Waals surface area contributed by atoms with Crippen LogP contribution in [0, 0.1) is 0 Å². The molecule has 1 aromatic heterocycles. The number of para-hydroxylation sites is 2.